The Labute approximate surface area is 132 Å². The summed E-state index contributed by atoms with van der Waals surface area (Å²) < 4.78 is 14.6. The number of amides is 1. The van der Waals surface area contributed by atoms with E-state index in [1.54, 1.807) is 0 Å². The molecule has 1 aromatic carbocycles. The maximum absolute atomic E-state index is 13.7. The van der Waals surface area contributed by atoms with Crippen molar-refractivity contribution in [3.8, 4) is 0 Å². The Kier molecular flexibility index (Phi) is 4.69. The van der Waals surface area contributed by atoms with Crippen LogP contribution in [0.2, 0.25) is 0 Å². The van der Waals surface area contributed by atoms with Crippen LogP contribution in [0.15, 0.2) is 33.4 Å². The van der Waals surface area contributed by atoms with Gasteiger partial charge in [0.05, 0.1) is 14.3 Å². The molecule has 0 aliphatic heterocycles. The van der Waals surface area contributed by atoms with Crippen LogP contribution in [0.3, 0.4) is 0 Å². The van der Waals surface area contributed by atoms with E-state index in [1.807, 2.05) is 11.4 Å². The highest BCUT2D eigenvalue weighted by Gasteiger charge is 2.20. The first kappa shape index (κ1) is 15.6. The molecule has 8 heteroatoms. The first-order valence-electron chi connectivity index (χ1n) is 5.81. The smallest absolute Gasteiger partial charge is 0.270 e. The van der Waals surface area contributed by atoms with E-state index in [9.17, 15) is 19.3 Å². The fourth-order valence-corrected chi connectivity index (χ4v) is 2.97. The molecule has 0 N–H and O–H groups in total. The molecule has 0 aliphatic carbocycles. The van der Waals surface area contributed by atoms with Gasteiger partial charge < -0.3 is 4.90 Å². The highest BCUT2D eigenvalue weighted by atomic mass is 79.9. The number of nitro benzene ring substituents is 1. The van der Waals surface area contributed by atoms with Crippen molar-refractivity contribution in [1.82, 2.24) is 4.90 Å². The second-order valence-electron chi connectivity index (χ2n) is 4.34. The van der Waals surface area contributed by atoms with Gasteiger partial charge in [-0.1, -0.05) is 0 Å². The van der Waals surface area contributed by atoms with Crippen LogP contribution in [0.1, 0.15) is 15.9 Å². The standard InChI is InChI=1S/C13H10BrFN2O3S/c1-16(6-8-4-12(14)21-7-8)13(18)10-5-9(17(19)20)2-3-11(10)15/h2-5,7H,6H2,1H3. The Morgan fingerprint density at radius 3 is 2.76 bits per heavy atom. The van der Waals surface area contributed by atoms with Crippen molar-refractivity contribution in [1.29, 1.82) is 0 Å². The summed E-state index contributed by atoms with van der Waals surface area (Å²) in [6.07, 6.45) is 0. The molecule has 1 heterocycles. The minimum Gasteiger partial charge on any atom is -0.337 e. The lowest BCUT2D eigenvalue weighted by molar-refractivity contribution is -0.384. The molecule has 0 spiro atoms. The van der Waals surface area contributed by atoms with E-state index >= 15 is 0 Å². The lowest BCUT2D eigenvalue weighted by Crippen LogP contribution is -2.26. The first-order valence-corrected chi connectivity index (χ1v) is 7.48. The second kappa shape index (κ2) is 6.31. The maximum atomic E-state index is 13.7. The molecular formula is C13H10BrFN2O3S. The van der Waals surface area contributed by atoms with E-state index in [0.29, 0.717) is 6.54 Å². The predicted octanol–water partition coefficient (Wildman–Crippen LogP) is 3.83. The summed E-state index contributed by atoms with van der Waals surface area (Å²) in [5.41, 5.74) is 0.279. The molecule has 1 amide bonds. The van der Waals surface area contributed by atoms with Gasteiger partial charge in [-0.3, -0.25) is 14.9 Å². The van der Waals surface area contributed by atoms with Gasteiger partial charge in [-0.25, -0.2) is 4.39 Å². The number of hydrogen-bond acceptors (Lipinski definition) is 4. The van der Waals surface area contributed by atoms with Crippen LogP contribution in [0.4, 0.5) is 10.1 Å². The quantitative estimate of drug-likeness (QED) is 0.605. The average Bonchev–Trinajstić information content (AvgIpc) is 2.83. The second-order valence-corrected chi connectivity index (χ2v) is 6.63. The number of halogens is 2. The Bertz CT molecular complexity index is 704. The van der Waals surface area contributed by atoms with Crippen LogP contribution in [0.5, 0.6) is 0 Å². The van der Waals surface area contributed by atoms with Crippen LogP contribution >= 0.6 is 27.3 Å². The van der Waals surface area contributed by atoms with Crippen molar-refractivity contribution in [3.63, 3.8) is 0 Å². The zero-order valence-electron chi connectivity index (χ0n) is 10.9. The monoisotopic (exact) mass is 372 g/mol. The fraction of sp³-hybridized carbons (Fsp3) is 0.154. The lowest BCUT2D eigenvalue weighted by atomic mass is 10.1. The van der Waals surface area contributed by atoms with E-state index in [0.717, 1.165) is 27.5 Å². The van der Waals surface area contributed by atoms with Crippen molar-refractivity contribution in [2.75, 3.05) is 7.05 Å². The highest BCUT2D eigenvalue weighted by molar-refractivity contribution is 9.11. The summed E-state index contributed by atoms with van der Waals surface area (Å²) in [5, 5.41) is 12.6. The summed E-state index contributed by atoms with van der Waals surface area (Å²) in [5.74, 6) is -1.37. The normalized spacial score (nSPS) is 10.4. The van der Waals surface area contributed by atoms with Crippen LogP contribution in [-0.2, 0) is 6.54 Å². The first-order chi connectivity index (χ1) is 9.88. The van der Waals surface area contributed by atoms with E-state index in [1.165, 1.54) is 23.3 Å². The molecule has 0 unspecified atom stereocenters. The van der Waals surface area contributed by atoms with Gasteiger partial charge in [-0.2, -0.15) is 0 Å². The molecule has 0 saturated carbocycles. The molecule has 110 valence electrons. The molecule has 0 saturated heterocycles. The van der Waals surface area contributed by atoms with Gasteiger partial charge >= 0.3 is 0 Å². The minimum atomic E-state index is -0.774. The average molecular weight is 373 g/mol. The molecule has 21 heavy (non-hydrogen) atoms. The number of nitrogens with zero attached hydrogens (tertiary/aromatic N) is 2. The van der Waals surface area contributed by atoms with Crippen molar-refractivity contribution in [2.24, 2.45) is 0 Å². The number of thiophene rings is 1. The third kappa shape index (κ3) is 3.64. The van der Waals surface area contributed by atoms with Crippen molar-refractivity contribution < 1.29 is 14.1 Å². The Hall–Kier alpha value is -1.80. The number of non-ortho nitro benzene ring substituents is 1. The van der Waals surface area contributed by atoms with E-state index in [-0.39, 0.29) is 11.3 Å². The summed E-state index contributed by atoms with van der Waals surface area (Å²) in [6, 6.07) is 4.78. The van der Waals surface area contributed by atoms with Gasteiger partial charge in [-0.15, -0.1) is 11.3 Å². The molecule has 2 aromatic rings. The highest BCUT2D eigenvalue weighted by Crippen LogP contribution is 2.23. The zero-order valence-corrected chi connectivity index (χ0v) is 13.3. The number of benzene rings is 1. The SMILES string of the molecule is CN(Cc1csc(Br)c1)C(=O)c1cc([N+](=O)[O-])ccc1F. The maximum Gasteiger partial charge on any atom is 0.270 e. The third-order valence-electron chi connectivity index (χ3n) is 2.78. The summed E-state index contributed by atoms with van der Waals surface area (Å²) >= 11 is 4.80. The third-order valence-corrected chi connectivity index (χ3v) is 4.33. The number of carbonyl (C=O) groups excluding carboxylic acids is 1. The van der Waals surface area contributed by atoms with Crippen LogP contribution < -0.4 is 0 Å². The van der Waals surface area contributed by atoms with Gasteiger partial charge in [0.15, 0.2) is 0 Å². The molecule has 0 fully saturated rings. The molecule has 0 bridgehead atoms. The molecule has 0 radical (unpaired) electrons. The zero-order chi connectivity index (χ0) is 15.6. The number of rotatable bonds is 4. The summed E-state index contributed by atoms with van der Waals surface area (Å²) in [4.78, 5) is 23.6. The van der Waals surface area contributed by atoms with Crippen molar-refractivity contribution >= 4 is 38.9 Å². The summed E-state index contributed by atoms with van der Waals surface area (Å²) in [6.45, 7) is 0.295. The van der Waals surface area contributed by atoms with Crippen molar-refractivity contribution in [2.45, 2.75) is 6.54 Å². The van der Waals surface area contributed by atoms with Gasteiger partial charge in [0, 0.05) is 25.7 Å². The molecule has 5 nitrogen and oxygen atoms in total. The Morgan fingerprint density at radius 2 is 2.19 bits per heavy atom. The number of carbonyl (C=O) groups is 1. The van der Waals surface area contributed by atoms with Crippen LogP contribution in [0.25, 0.3) is 0 Å². The molecule has 2 rings (SSSR count). The van der Waals surface area contributed by atoms with E-state index in [4.69, 9.17) is 0 Å². The van der Waals surface area contributed by atoms with Crippen LogP contribution in [0, 0.1) is 15.9 Å². The predicted molar refractivity (Wildman–Crippen MR) is 80.9 cm³/mol. The molecular weight excluding hydrogens is 363 g/mol. The fourth-order valence-electron chi connectivity index (χ4n) is 1.77. The molecule has 0 atom stereocenters. The molecule has 1 aromatic heterocycles. The minimum absolute atomic E-state index is 0.295. The lowest BCUT2D eigenvalue weighted by Gasteiger charge is -2.16. The number of nitro groups is 1. The largest absolute Gasteiger partial charge is 0.337 e. The van der Waals surface area contributed by atoms with Gasteiger partial charge in [0.2, 0.25) is 0 Å². The Morgan fingerprint density at radius 1 is 1.48 bits per heavy atom. The van der Waals surface area contributed by atoms with E-state index in [2.05, 4.69) is 15.9 Å². The van der Waals surface area contributed by atoms with Crippen LogP contribution in [-0.4, -0.2) is 22.8 Å². The molecule has 0 aliphatic rings. The van der Waals surface area contributed by atoms with Gasteiger partial charge in [-0.05, 0) is 39.0 Å². The van der Waals surface area contributed by atoms with E-state index < -0.39 is 16.6 Å². The van der Waals surface area contributed by atoms with Crippen molar-refractivity contribution in [3.05, 3.63) is 60.5 Å². The number of hydrogen-bond donors (Lipinski definition) is 0. The summed E-state index contributed by atoms with van der Waals surface area (Å²) in [7, 11) is 1.52. The van der Waals surface area contributed by atoms with Gasteiger partial charge in [0.1, 0.15) is 5.82 Å². The topological polar surface area (TPSA) is 63.5 Å². The Balaban J connectivity index is 2.22. The van der Waals surface area contributed by atoms with Gasteiger partial charge in [0.25, 0.3) is 11.6 Å².